The van der Waals surface area contributed by atoms with Gasteiger partial charge in [-0.1, -0.05) is 6.07 Å². The third kappa shape index (κ3) is 2.43. The van der Waals surface area contributed by atoms with E-state index in [1.54, 1.807) is 6.26 Å². The van der Waals surface area contributed by atoms with Gasteiger partial charge in [0.1, 0.15) is 5.58 Å². The number of carbonyl (C=O) groups is 1. The molecule has 2 N–H and O–H groups in total. The van der Waals surface area contributed by atoms with Crippen LogP contribution in [0.25, 0.3) is 11.0 Å². The van der Waals surface area contributed by atoms with Crippen molar-refractivity contribution in [2.24, 2.45) is 0 Å². The molecule has 1 aromatic heterocycles. The van der Waals surface area contributed by atoms with Crippen LogP contribution in [-0.2, 0) is 0 Å². The first-order chi connectivity index (χ1) is 9.70. The van der Waals surface area contributed by atoms with E-state index in [1.165, 1.54) is 12.8 Å². The van der Waals surface area contributed by atoms with Crippen molar-refractivity contribution in [1.82, 2.24) is 10.6 Å². The fourth-order valence-corrected chi connectivity index (χ4v) is 3.54. The summed E-state index contributed by atoms with van der Waals surface area (Å²) in [4.78, 5) is 12.3. The third-order valence-corrected chi connectivity index (χ3v) is 4.65. The van der Waals surface area contributed by atoms with Crippen molar-refractivity contribution in [3.63, 3.8) is 0 Å². The van der Waals surface area contributed by atoms with Crippen LogP contribution in [0.15, 0.2) is 28.9 Å². The van der Waals surface area contributed by atoms with Crippen LogP contribution < -0.4 is 10.6 Å². The largest absolute Gasteiger partial charge is 0.464 e. The topological polar surface area (TPSA) is 54.3 Å². The molecule has 3 heterocycles. The third-order valence-electron chi connectivity index (χ3n) is 4.65. The number of rotatable bonds is 2. The molecule has 2 aliphatic heterocycles. The predicted octanol–water partition coefficient (Wildman–Crippen LogP) is 2.79. The minimum Gasteiger partial charge on any atom is -0.464 e. The van der Waals surface area contributed by atoms with E-state index in [0.717, 1.165) is 23.0 Å². The number of halogens is 1. The molecule has 5 heteroatoms. The lowest BCUT2D eigenvalue weighted by atomic mass is 9.95. The average molecular weight is 307 g/mol. The van der Waals surface area contributed by atoms with Gasteiger partial charge in [0.2, 0.25) is 0 Å². The average Bonchev–Trinajstić information content (AvgIpc) is 3.14. The summed E-state index contributed by atoms with van der Waals surface area (Å²) in [5, 5.41) is 7.76. The number of hydrogen-bond acceptors (Lipinski definition) is 3. The second-order valence-corrected chi connectivity index (χ2v) is 5.99. The zero-order valence-electron chi connectivity index (χ0n) is 11.9. The van der Waals surface area contributed by atoms with Crippen LogP contribution in [0.1, 0.15) is 35.2 Å². The smallest absolute Gasteiger partial charge is 0.251 e. The summed E-state index contributed by atoms with van der Waals surface area (Å²) in [6.07, 6.45) is 5.20. The van der Waals surface area contributed by atoms with Crippen LogP contribution in [0.3, 0.4) is 0 Å². The first-order valence-electron chi connectivity index (χ1n) is 7.25. The molecule has 1 amide bonds. The van der Waals surface area contributed by atoms with Gasteiger partial charge in [-0.15, -0.1) is 12.4 Å². The van der Waals surface area contributed by atoms with Crippen LogP contribution in [-0.4, -0.2) is 24.0 Å². The van der Waals surface area contributed by atoms with Gasteiger partial charge in [-0.25, -0.2) is 0 Å². The molecule has 4 rings (SSSR count). The summed E-state index contributed by atoms with van der Waals surface area (Å²) in [6.45, 7) is 2.01. The zero-order valence-corrected chi connectivity index (χ0v) is 12.7. The molecule has 21 heavy (non-hydrogen) atoms. The SMILES string of the molecule is Cc1coc2cc(C(=O)N[C@@H]3CC4CCC3N4)ccc12.Cl. The molecule has 2 unspecified atom stereocenters. The summed E-state index contributed by atoms with van der Waals surface area (Å²) in [5.41, 5.74) is 2.56. The fourth-order valence-electron chi connectivity index (χ4n) is 3.54. The van der Waals surface area contributed by atoms with Gasteiger partial charge in [0.15, 0.2) is 0 Å². The van der Waals surface area contributed by atoms with Gasteiger partial charge in [-0.3, -0.25) is 4.79 Å². The Labute approximate surface area is 129 Å². The van der Waals surface area contributed by atoms with E-state index in [0.29, 0.717) is 17.6 Å². The molecule has 0 saturated carbocycles. The van der Waals surface area contributed by atoms with Gasteiger partial charge in [0.25, 0.3) is 5.91 Å². The Balaban J connectivity index is 0.00000132. The Morgan fingerprint density at radius 2 is 2.24 bits per heavy atom. The lowest BCUT2D eigenvalue weighted by Gasteiger charge is -2.21. The van der Waals surface area contributed by atoms with E-state index in [4.69, 9.17) is 4.42 Å². The van der Waals surface area contributed by atoms with Crippen molar-refractivity contribution < 1.29 is 9.21 Å². The number of carbonyl (C=O) groups excluding carboxylic acids is 1. The number of benzene rings is 1. The van der Waals surface area contributed by atoms with Gasteiger partial charge in [-0.2, -0.15) is 0 Å². The van der Waals surface area contributed by atoms with Crippen molar-refractivity contribution in [3.05, 3.63) is 35.6 Å². The van der Waals surface area contributed by atoms with E-state index in [2.05, 4.69) is 10.6 Å². The van der Waals surface area contributed by atoms with Crippen molar-refractivity contribution in [3.8, 4) is 0 Å². The van der Waals surface area contributed by atoms with E-state index < -0.39 is 0 Å². The number of furan rings is 1. The highest BCUT2D eigenvalue weighted by Crippen LogP contribution is 2.28. The van der Waals surface area contributed by atoms with Gasteiger partial charge >= 0.3 is 0 Å². The van der Waals surface area contributed by atoms with Gasteiger partial charge in [-0.05, 0) is 43.9 Å². The van der Waals surface area contributed by atoms with Gasteiger partial charge in [0, 0.05) is 29.1 Å². The Bertz CT molecular complexity index is 682. The van der Waals surface area contributed by atoms with Gasteiger partial charge < -0.3 is 15.1 Å². The minimum atomic E-state index is 0. The Morgan fingerprint density at radius 1 is 1.38 bits per heavy atom. The molecule has 0 spiro atoms. The maximum Gasteiger partial charge on any atom is 0.251 e. The van der Waals surface area contributed by atoms with Crippen molar-refractivity contribution in [1.29, 1.82) is 0 Å². The van der Waals surface area contributed by atoms with Crippen LogP contribution in [0.5, 0.6) is 0 Å². The molecule has 2 fully saturated rings. The normalized spacial score (nSPS) is 26.8. The summed E-state index contributed by atoms with van der Waals surface area (Å²) in [6, 6.07) is 7.00. The molecule has 3 atom stereocenters. The van der Waals surface area contributed by atoms with Crippen LogP contribution in [0, 0.1) is 6.92 Å². The minimum absolute atomic E-state index is 0. The number of hydrogen-bond donors (Lipinski definition) is 2. The van der Waals surface area contributed by atoms with Crippen molar-refractivity contribution >= 4 is 29.3 Å². The quantitative estimate of drug-likeness (QED) is 0.897. The molecule has 2 saturated heterocycles. The monoisotopic (exact) mass is 306 g/mol. The molecule has 112 valence electrons. The molecule has 1 aromatic carbocycles. The predicted molar refractivity (Wildman–Crippen MR) is 84.0 cm³/mol. The van der Waals surface area contributed by atoms with E-state index in [9.17, 15) is 4.79 Å². The highest BCUT2D eigenvalue weighted by Gasteiger charge is 2.39. The second-order valence-electron chi connectivity index (χ2n) is 5.99. The molecule has 2 aromatic rings. The van der Waals surface area contributed by atoms with E-state index >= 15 is 0 Å². The maximum atomic E-state index is 12.3. The standard InChI is InChI=1S/C16H18N2O2.ClH/c1-9-8-20-15-6-10(2-4-12(9)15)16(19)18-14-7-11-3-5-13(14)17-11;/h2,4,6,8,11,13-14,17H,3,5,7H2,1H3,(H,18,19);1H/t11?,13?,14-;/m1./s1. The Kier molecular flexibility index (Phi) is 3.68. The number of amides is 1. The first-order valence-corrected chi connectivity index (χ1v) is 7.25. The molecule has 4 nitrogen and oxygen atoms in total. The molecular weight excluding hydrogens is 288 g/mol. The molecule has 0 aliphatic carbocycles. The van der Waals surface area contributed by atoms with Crippen molar-refractivity contribution in [2.75, 3.05) is 0 Å². The molecule has 2 aliphatic rings. The highest BCUT2D eigenvalue weighted by molar-refractivity contribution is 5.98. The number of fused-ring (bicyclic) bond motifs is 3. The summed E-state index contributed by atoms with van der Waals surface area (Å²) in [7, 11) is 0. The van der Waals surface area contributed by atoms with Crippen LogP contribution >= 0.6 is 12.4 Å². The number of aryl methyl sites for hydroxylation is 1. The lowest BCUT2D eigenvalue weighted by Crippen LogP contribution is -2.42. The summed E-state index contributed by atoms with van der Waals surface area (Å²) >= 11 is 0. The van der Waals surface area contributed by atoms with Gasteiger partial charge in [0.05, 0.1) is 6.26 Å². The Hall–Kier alpha value is -1.52. The first kappa shape index (κ1) is 14.4. The Morgan fingerprint density at radius 3 is 2.95 bits per heavy atom. The molecule has 0 radical (unpaired) electrons. The zero-order chi connectivity index (χ0) is 13.7. The van der Waals surface area contributed by atoms with Crippen LogP contribution in [0.2, 0.25) is 0 Å². The molecular formula is C16H19ClN2O2. The number of nitrogens with one attached hydrogen (secondary N) is 2. The lowest BCUT2D eigenvalue weighted by molar-refractivity contribution is 0.0931. The summed E-state index contributed by atoms with van der Waals surface area (Å²) < 4.78 is 5.47. The van der Waals surface area contributed by atoms with Crippen molar-refractivity contribution in [2.45, 2.75) is 44.3 Å². The van der Waals surface area contributed by atoms with E-state index in [1.807, 2.05) is 25.1 Å². The second kappa shape index (κ2) is 5.35. The van der Waals surface area contributed by atoms with Crippen LogP contribution in [0.4, 0.5) is 0 Å². The fraction of sp³-hybridized carbons (Fsp3) is 0.438. The van der Waals surface area contributed by atoms with E-state index in [-0.39, 0.29) is 24.4 Å². The maximum absolute atomic E-state index is 12.3. The molecule has 2 bridgehead atoms. The summed E-state index contributed by atoms with van der Waals surface area (Å²) in [5.74, 6) is 0.000281. The highest BCUT2D eigenvalue weighted by atomic mass is 35.5.